The average molecular weight is 413 g/mol. The van der Waals surface area contributed by atoms with Crippen molar-refractivity contribution < 1.29 is 14.3 Å². The fraction of sp³-hybridized carbons (Fsp3) is 0.391. The summed E-state index contributed by atoms with van der Waals surface area (Å²) in [7, 11) is 5.23. The van der Waals surface area contributed by atoms with Gasteiger partial charge in [-0.05, 0) is 24.6 Å². The fourth-order valence-electron chi connectivity index (χ4n) is 2.93. The van der Waals surface area contributed by atoms with Crippen LogP contribution < -0.4 is 20.1 Å². The van der Waals surface area contributed by atoms with Gasteiger partial charge in [-0.1, -0.05) is 30.3 Å². The molecule has 7 nitrogen and oxygen atoms in total. The molecule has 0 aliphatic carbocycles. The lowest BCUT2D eigenvalue weighted by Crippen LogP contribution is -2.38. The molecule has 2 N–H and O–H groups in total. The zero-order valence-electron chi connectivity index (χ0n) is 18.3. The molecule has 0 heterocycles. The number of hydrogen-bond donors (Lipinski definition) is 2. The summed E-state index contributed by atoms with van der Waals surface area (Å²) < 4.78 is 10.7. The molecule has 0 saturated heterocycles. The standard InChI is InChI=1S/C23H32N4O3/c1-5-24-23(25-14-13-22(28)26-16-18-9-7-6-8-10-18)27(2)17-19-11-12-20(29-3)15-21(19)30-4/h6-12,15H,5,13-14,16-17H2,1-4H3,(H,24,25)(H,26,28). The summed E-state index contributed by atoms with van der Waals surface area (Å²) in [5, 5.41) is 6.20. The first-order chi connectivity index (χ1) is 14.6. The first-order valence-electron chi connectivity index (χ1n) is 10.1. The molecule has 0 radical (unpaired) electrons. The molecular weight excluding hydrogens is 380 g/mol. The van der Waals surface area contributed by atoms with Crippen LogP contribution in [0.3, 0.4) is 0 Å². The minimum absolute atomic E-state index is 0.0158. The normalized spacial score (nSPS) is 11.0. The number of nitrogens with zero attached hydrogens (tertiary/aromatic N) is 2. The van der Waals surface area contributed by atoms with Crippen molar-refractivity contribution in [3.63, 3.8) is 0 Å². The highest BCUT2D eigenvalue weighted by Crippen LogP contribution is 2.25. The first kappa shape index (κ1) is 23.1. The number of carbonyl (C=O) groups excluding carboxylic acids is 1. The van der Waals surface area contributed by atoms with Gasteiger partial charge in [0.2, 0.25) is 5.91 Å². The lowest BCUT2D eigenvalue weighted by Gasteiger charge is -2.23. The third-order valence-corrected chi connectivity index (χ3v) is 4.53. The largest absolute Gasteiger partial charge is 0.497 e. The number of aliphatic imine (C=N–C) groups is 1. The van der Waals surface area contributed by atoms with Gasteiger partial charge >= 0.3 is 0 Å². The Morgan fingerprint density at radius 2 is 1.83 bits per heavy atom. The van der Waals surface area contributed by atoms with E-state index in [1.165, 1.54) is 0 Å². The molecule has 0 aliphatic rings. The Morgan fingerprint density at radius 3 is 2.50 bits per heavy atom. The van der Waals surface area contributed by atoms with E-state index in [9.17, 15) is 4.79 Å². The van der Waals surface area contributed by atoms with Gasteiger partial charge in [0.15, 0.2) is 5.96 Å². The van der Waals surface area contributed by atoms with E-state index in [1.54, 1.807) is 14.2 Å². The van der Waals surface area contributed by atoms with E-state index in [1.807, 2.05) is 67.4 Å². The molecule has 2 aromatic rings. The van der Waals surface area contributed by atoms with Crippen LogP contribution in [0.2, 0.25) is 0 Å². The van der Waals surface area contributed by atoms with Gasteiger partial charge in [-0.25, -0.2) is 0 Å². The van der Waals surface area contributed by atoms with Crippen LogP contribution in [0.15, 0.2) is 53.5 Å². The van der Waals surface area contributed by atoms with Gasteiger partial charge in [0.25, 0.3) is 0 Å². The molecule has 162 valence electrons. The second-order valence-electron chi connectivity index (χ2n) is 6.78. The summed E-state index contributed by atoms with van der Waals surface area (Å²) in [5.74, 6) is 2.24. The van der Waals surface area contributed by atoms with Gasteiger partial charge in [0.1, 0.15) is 11.5 Å². The van der Waals surface area contributed by atoms with Gasteiger partial charge in [0.05, 0.1) is 20.8 Å². The van der Waals surface area contributed by atoms with Crippen molar-refractivity contribution in [3.8, 4) is 11.5 Å². The molecule has 1 amide bonds. The Labute approximate surface area is 179 Å². The number of nitrogens with one attached hydrogen (secondary N) is 2. The average Bonchev–Trinajstić information content (AvgIpc) is 2.78. The molecule has 0 unspecified atom stereocenters. The summed E-state index contributed by atoms with van der Waals surface area (Å²) in [6.07, 6.45) is 0.335. The molecule has 0 aromatic heterocycles. The van der Waals surface area contributed by atoms with Crippen molar-refractivity contribution in [1.29, 1.82) is 0 Å². The summed E-state index contributed by atoms with van der Waals surface area (Å²) in [6.45, 7) is 4.31. The number of rotatable bonds is 10. The second kappa shape index (κ2) is 12.4. The van der Waals surface area contributed by atoms with E-state index in [2.05, 4.69) is 15.6 Å². The van der Waals surface area contributed by atoms with Gasteiger partial charge in [0, 0.05) is 44.7 Å². The third kappa shape index (κ3) is 7.31. The van der Waals surface area contributed by atoms with E-state index in [4.69, 9.17) is 9.47 Å². The molecule has 0 aliphatic heterocycles. The minimum atomic E-state index is -0.0158. The summed E-state index contributed by atoms with van der Waals surface area (Å²) >= 11 is 0. The second-order valence-corrected chi connectivity index (χ2v) is 6.78. The molecule has 0 spiro atoms. The van der Waals surface area contributed by atoms with E-state index in [-0.39, 0.29) is 5.91 Å². The van der Waals surface area contributed by atoms with Crippen molar-refractivity contribution >= 4 is 11.9 Å². The molecule has 0 atom stereocenters. The van der Waals surface area contributed by atoms with Gasteiger partial charge < -0.3 is 25.0 Å². The number of hydrogen-bond acceptors (Lipinski definition) is 4. The van der Waals surface area contributed by atoms with Crippen LogP contribution in [0.25, 0.3) is 0 Å². The predicted molar refractivity (Wildman–Crippen MR) is 120 cm³/mol. The van der Waals surface area contributed by atoms with Crippen LogP contribution in [-0.4, -0.2) is 51.1 Å². The fourth-order valence-corrected chi connectivity index (χ4v) is 2.93. The number of amides is 1. The number of ether oxygens (including phenoxy) is 2. The summed E-state index contributed by atoms with van der Waals surface area (Å²) in [6, 6.07) is 15.6. The number of carbonyl (C=O) groups is 1. The lowest BCUT2D eigenvalue weighted by atomic mass is 10.2. The Balaban J connectivity index is 1.91. The number of methoxy groups -OCH3 is 2. The van der Waals surface area contributed by atoms with Gasteiger partial charge in [-0.3, -0.25) is 9.79 Å². The van der Waals surface area contributed by atoms with Crippen LogP contribution in [0.4, 0.5) is 0 Å². The summed E-state index contributed by atoms with van der Waals surface area (Å²) in [5.41, 5.74) is 2.10. The molecule has 7 heteroatoms. The molecular formula is C23H32N4O3. The smallest absolute Gasteiger partial charge is 0.222 e. The van der Waals surface area contributed by atoms with Gasteiger partial charge in [-0.2, -0.15) is 0 Å². The molecule has 0 saturated carbocycles. The third-order valence-electron chi connectivity index (χ3n) is 4.53. The van der Waals surface area contributed by atoms with Crippen molar-refractivity contribution in [3.05, 3.63) is 59.7 Å². The maximum Gasteiger partial charge on any atom is 0.222 e. The van der Waals surface area contributed by atoms with Gasteiger partial charge in [-0.15, -0.1) is 0 Å². The summed E-state index contributed by atoms with van der Waals surface area (Å²) in [4.78, 5) is 18.7. The van der Waals surface area contributed by atoms with E-state index in [0.717, 1.165) is 35.1 Å². The Kier molecular flexibility index (Phi) is 9.51. The van der Waals surface area contributed by atoms with Crippen LogP contribution in [0.1, 0.15) is 24.5 Å². The monoisotopic (exact) mass is 412 g/mol. The molecule has 2 rings (SSSR count). The van der Waals surface area contributed by atoms with Crippen molar-refractivity contribution in [2.24, 2.45) is 4.99 Å². The van der Waals surface area contributed by atoms with Crippen LogP contribution in [-0.2, 0) is 17.9 Å². The van der Waals surface area contributed by atoms with Crippen LogP contribution >= 0.6 is 0 Å². The maximum atomic E-state index is 12.1. The minimum Gasteiger partial charge on any atom is -0.497 e. The van der Waals surface area contributed by atoms with Crippen LogP contribution in [0.5, 0.6) is 11.5 Å². The highest BCUT2D eigenvalue weighted by Gasteiger charge is 2.11. The topological polar surface area (TPSA) is 75.2 Å². The van der Waals surface area contributed by atoms with Crippen molar-refractivity contribution in [2.45, 2.75) is 26.4 Å². The van der Waals surface area contributed by atoms with Crippen molar-refractivity contribution in [2.75, 3.05) is 34.4 Å². The highest BCUT2D eigenvalue weighted by molar-refractivity contribution is 5.80. The Bertz CT molecular complexity index is 824. The van der Waals surface area contributed by atoms with E-state index in [0.29, 0.717) is 26.1 Å². The molecule has 0 bridgehead atoms. The number of guanidine groups is 1. The molecule has 2 aromatic carbocycles. The Morgan fingerprint density at radius 1 is 1.07 bits per heavy atom. The SMILES string of the molecule is CCNC(=NCCC(=O)NCc1ccccc1)N(C)Cc1ccc(OC)cc1OC. The van der Waals surface area contributed by atoms with E-state index >= 15 is 0 Å². The molecule has 0 fully saturated rings. The highest BCUT2D eigenvalue weighted by atomic mass is 16.5. The quantitative estimate of drug-likeness (QED) is 0.464. The van der Waals surface area contributed by atoms with E-state index < -0.39 is 0 Å². The maximum absolute atomic E-state index is 12.1. The Hall–Kier alpha value is -3.22. The lowest BCUT2D eigenvalue weighted by molar-refractivity contribution is -0.121. The predicted octanol–water partition coefficient (Wildman–Crippen LogP) is 2.81. The van der Waals surface area contributed by atoms with Crippen molar-refractivity contribution in [1.82, 2.24) is 15.5 Å². The number of benzene rings is 2. The van der Waals surface area contributed by atoms with Crippen LogP contribution in [0, 0.1) is 0 Å². The zero-order chi connectivity index (χ0) is 21.8. The first-order valence-corrected chi connectivity index (χ1v) is 10.1. The molecule has 30 heavy (non-hydrogen) atoms. The zero-order valence-corrected chi connectivity index (χ0v) is 18.3.